The van der Waals surface area contributed by atoms with Gasteiger partial charge in [0.15, 0.2) is 0 Å². The summed E-state index contributed by atoms with van der Waals surface area (Å²) in [5, 5.41) is 3.05. The number of piperidine rings is 1. The molecule has 2 aliphatic heterocycles. The van der Waals surface area contributed by atoms with Crippen molar-refractivity contribution < 1.29 is 9.59 Å². The number of hydrogen-bond donors (Lipinski definition) is 1. The zero-order valence-electron chi connectivity index (χ0n) is 16.5. The van der Waals surface area contributed by atoms with Crippen LogP contribution in [0.25, 0.3) is 0 Å². The van der Waals surface area contributed by atoms with Crippen molar-refractivity contribution in [3.8, 4) is 0 Å². The van der Waals surface area contributed by atoms with Crippen LogP contribution in [0.1, 0.15) is 38.2 Å². The minimum absolute atomic E-state index is 0.0394. The van der Waals surface area contributed by atoms with Gasteiger partial charge < -0.3 is 15.1 Å². The van der Waals surface area contributed by atoms with Gasteiger partial charge in [-0.25, -0.2) is 0 Å². The fourth-order valence-electron chi connectivity index (χ4n) is 4.22. The van der Waals surface area contributed by atoms with Gasteiger partial charge in [-0.05, 0) is 50.3 Å². The van der Waals surface area contributed by atoms with E-state index < -0.39 is 0 Å². The lowest BCUT2D eigenvalue weighted by Crippen LogP contribution is -2.38. The van der Waals surface area contributed by atoms with Crippen molar-refractivity contribution in [1.29, 1.82) is 0 Å². The zero-order chi connectivity index (χ0) is 19.1. The first-order valence-corrected chi connectivity index (χ1v) is 10.4. The molecule has 0 aromatic heterocycles. The quantitative estimate of drug-likeness (QED) is 0.714. The predicted molar refractivity (Wildman–Crippen MR) is 107 cm³/mol. The molecule has 2 unspecified atom stereocenters. The van der Waals surface area contributed by atoms with E-state index in [2.05, 4.69) is 29.3 Å². The molecule has 0 saturated carbocycles. The Balaban J connectivity index is 1.33. The molecule has 0 aliphatic carbocycles. The van der Waals surface area contributed by atoms with Crippen LogP contribution in [0, 0.1) is 11.8 Å². The van der Waals surface area contributed by atoms with E-state index in [1.54, 1.807) is 0 Å². The lowest BCUT2D eigenvalue weighted by molar-refractivity contribution is -0.129. The van der Waals surface area contributed by atoms with Crippen LogP contribution in [0.4, 0.5) is 0 Å². The number of benzene rings is 1. The van der Waals surface area contributed by atoms with Gasteiger partial charge in [-0.15, -0.1) is 0 Å². The maximum Gasteiger partial charge on any atom is 0.225 e. The van der Waals surface area contributed by atoms with Crippen molar-refractivity contribution in [3.63, 3.8) is 0 Å². The highest BCUT2D eigenvalue weighted by atomic mass is 16.2. The molecule has 5 heteroatoms. The third-order valence-electron chi connectivity index (χ3n) is 5.79. The molecule has 2 aliphatic rings. The number of likely N-dealkylation sites (tertiary alicyclic amines) is 2. The summed E-state index contributed by atoms with van der Waals surface area (Å²) in [5.41, 5.74) is 1.23. The first-order valence-electron chi connectivity index (χ1n) is 10.4. The monoisotopic (exact) mass is 371 g/mol. The fraction of sp³-hybridized carbons (Fsp3) is 0.636. The van der Waals surface area contributed by atoms with Crippen molar-refractivity contribution in [1.82, 2.24) is 15.1 Å². The van der Waals surface area contributed by atoms with E-state index in [-0.39, 0.29) is 17.7 Å². The van der Waals surface area contributed by atoms with Crippen LogP contribution in [0.5, 0.6) is 0 Å². The maximum atomic E-state index is 12.4. The molecule has 2 fully saturated rings. The van der Waals surface area contributed by atoms with Gasteiger partial charge in [0.1, 0.15) is 0 Å². The molecular weight excluding hydrogens is 338 g/mol. The molecule has 3 rings (SSSR count). The van der Waals surface area contributed by atoms with Gasteiger partial charge in [0.25, 0.3) is 0 Å². The molecule has 1 N–H and O–H groups in total. The minimum Gasteiger partial charge on any atom is -0.356 e. The average Bonchev–Trinajstić information content (AvgIpc) is 3.05. The van der Waals surface area contributed by atoms with Crippen LogP contribution in [-0.4, -0.2) is 60.9 Å². The van der Waals surface area contributed by atoms with Gasteiger partial charge in [0.05, 0.1) is 5.92 Å². The van der Waals surface area contributed by atoms with E-state index in [1.807, 2.05) is 23.1 Å². The Kier molecular flexibility index (Phi) is 7.27. The Morgan fingerprint density at radius 1 is 1.19 bits per heavy atom. The lowest BCUT2D eigenvalue weighted by atomic mass is 10.0. The third-order valence-corrected chi connectivity index (χ3v) is 5.79. The second-order valence-corrected chi connectivity index (χ2v) is 8.17. The molecule has 27 heavy (non-hydrogen) atoms. The fourth-order valence-corrected chi connectivity index (χ4v) is 4.22. The summed E-state index contributed by atoms with van der Waals surface area (Å²) < 4.78 is 0. The number of carbonyl (C=O) groups is 2. The predicted octanol–water partition coefficient (Wildman–Crippen LogP) is 2.32. The molecule has 2 amide bonds. The molecule has 148 valence electrons. The van der Waals surface area contributed by atoms with Crippen LogP contribution in [0.15, 0.2) is 30.3 Å². The third kappa shape index (κ3) is 6.06. The Morgan fingerprint density at radius 3 is 2.78 bits per heavy atom. The van der Waals surface area contributed by atoms with Gasteiger partial charge in [0.2, 0.25) is 11.8 Å². The van der Waals surface area contributed by atoms with E-state index in [0.717, 1.165) is 25.3 Å². The van der Waals surface area contributed by atoms with Gasteiger partial charge in [-0.2, -0.15) is 0 Å². The van der Waals surface area contributed by atoms with E-state index in [0.29, 0.717) is 26.1 Å². The molecule has 1 aromatic rings. The summed E-state index contributed by atoms with van der Waals surface area (Å²) in [7, 11) is 0. The highest BCUT2D eigenvalue weighted by molar-refractivity contribution is 5.89. The van der Waals surface area contributed by atoms with Crippen molar-refractivity contribution in [3.05, 3.63) is 35.9 Å². The van der Waals surface area contributed by atoms with Gasteiger partial charge in [-0.1, -0.05) is 37.3 Å². The van der Waals surface area contributed by atoms with Crippen molar-refractivity contribution in [2.24, 2.45) is 11.8 Å². The lowest BCUT2D eigenvalue weighted by Gasteiger charge is -2.30. The zero-order valence-corrected chi connectivity index (χ0v) is 16.5. The molecule has 5 nitrogen and oxygen atoms in total. The summed E-state index contributed by atoms with van der Waals surface area (Å²) in [6, 6.07) is 10.2. The molecule has 2 heterocycles. The van der Waals surface area contributed by atoms with E-state index >= 15 is 0 Å². The first-order chi connectivity index (χ1) is 13.1. The highest BCUT2D eigenvalue weighted by Gasteiger charge is 2.33. The van der Waals surface area contributed by atoms with Crippen molar-refractivity contribution >= 4 is 11.8 Å². The van der Waals surface area contributed by atoms with Crippen LogP contribution in [0.3, 0.4) is 0 Å². The second-order valence-electron chi connectivity index (χ2n) is 8.17. The second kappa shape index (κ2) is 9.88. The van der Waals surface area contributed by atoms with Crippen molar-refractivity contribution in [2.75, 3.05) is 39.3 Å². The average molecular weight is 372 g/mol. The largest absolute Gasteiger partial charge is 0.356 e. The summed E-state index contributed by atoms with van der Waals surface area (Å²) >= 11 is 0. The molecule has 0 radical (unpaired) electrons. The number of amides is 2. The number of hydrogen-bond acceptors (Lipinski definition) is 3. The van der Waals surface area contributed by atoms with Gasteiger partial charge in [0, 0.05) is 32.6 Å². The summed E-state index contributed by atoms with van der Waals surface area (Å²) in [6.45, 7) is 7.69. The van der Waals surface area contributed by atoms with E-state index in [4.69, 9.17) is 0 Å². The van der Waals surface area contributed by atoms with Gasteiger partial charge >= 0.3 is 0 Å². The summed E-state index contributed by atoms with van der Waals surface area (Å²) in [4.78, 5) is 29.0. The number of carbonyl (C=O) groups excluding carboxylic acids is 2. The Labute approximate surface area is 163 Å². The Hall–Kier alpha value is -1.88. The number of rotatable bonds is 8. The topological polar surface area (TPSA) is 52.7 Å². The molecule has 0 spiro atoms. The van der Waals surface area contributed by atoms with Crippen molar-refractivity contribution in [2.45, 2.75) is 39.0 Å². The number of nitrogens with zero attached hydrogens (tertiary/aromatic N) is 2. The SMILES string of the molecule is CC1CCCN(CCCNC(=O)C2CC(=O)N(CCc3ccccc3)C2)C1. The molecule has 0 bridgehead atoms. The highest BCUT2D eigenvalue weighted by Crippen LogP contribution is 2.19. The smallest absolute Gasteiger partial charge is 0.225 e. The minimum atomic E-state index is -0.191. The van der Waals surface area contributed by atoms with Crippen LogP contribution < -0.4 is 5.32 Å². The summed E-state index contributed by atoms with van der Waals surface area (Å²) in [6.07, 6.45) is 4.80. The summed E-state index contributed by atoms with van der Waals surface area (Å²) in [5.74, 6) is 0.744. The molecular formula is C22H33N3O2. The standard InChI is InChI=1S/C22H33N3O2/c1-18-7-5-12-24(16-18)13-6-11-23-22(27)20-15-21(26)25(17-20)14-10-19-8-3-2-4-9-19/h2-4,8-9,18,20H,5-7,10-17H2,1H3,(H,23,27). The Morgan fingerprint density at radius 2 is 2.00 bits per heavy atom. The molecule has 2 atom stereocenters. The first kappa shape index (κ1) is 19.9. The van der Waals surface area contributed by atoms with E-state index in [9.17, 15) is 9.59 Å². The Bertz CT molecular complexity index is 619. The van der Waals surface area contributed by atoms with Crippen LogP contribution in [0.2, 0.25) is 0 Å². The normalized spacial score (nSPS) is 23.6. The van der Waals surface area contributed by atoms with Gasteiger partial charge in [-0.3, -0.25) is 9.59 Å². The maximum absolute atomic E-state index is 12.4. The van der Waals surface area contributed by atoms with Crippen LogP contribution >= 0.6 is 0 Å². The molecule has 1 aromatic carbocycles. The molecule has 2 saturated heterocycles. The van der Waals surface area contributed by atoms with Crippen LogP contribution in [-0.2, 0) is 16.0 Å². The number of nitrogens with one attached hydrogen (secondary N) is 1. The van der Waals surface area contributed by atoms with E-state index in [1.165, 1.54) is 31.5 Å².